The molecule has 0 saturated carbocycles. The first kappa shape index (κ1) is 19.6. The predicted octanol–water partition coefficient (Wildman–Crippen LogP) is 2.47. The second-order valence-corrected chi connectivity index (χ2v) is 8.09. The summed E-state index contributed by atoms with van der Waals surface area (Å²) in [6, 6.07) is 11.7. The Morgan fingerprint density at radius 2 is 1.83 bits per heavy atom. The van der Waals surface area contributed by atoms with Gasteiger partial charge in [0.05, 0.1) is 0 Å². The molecule has 2 N–H and O–H groups in total. The van der Waals surface area contributed by atoms with Gasteiger partial charge in [0, 0.05) is 25.4 Å². The van der Waals surface area contributed by atoms with E-state index in [9.17, 15) is 9.59 Å². The van der Waals surface area contributed by atoms with Crippen LogP contribution in [0.25, 0.3) is 0 Å². The van der Waals surface area contributed by atoms with Crippen molar-refractivity contribution in [2.75, 3.05) is 19.6 Å². The van der Waals surface area contributed by atoms with Crippen molar-refractivity contribution < 1.29 is 9.59 Å². The zero-order valence-electron chi connectivity index (χ0n) is 16.9. The van der Waals surface area contributed by atoms with Crippen LogP contribution in [0.2, 0.25) is 0 Å². The van der Waals surface area contributed by atoms with Gasteiger partial charge in [-0.05, 0) is 74.0 Å². The number of pyridine rings is 1. The number of carbonyl (C=O) groups excluding carboxylic acids is 2. The van der Waals surface area contributed by atoms with Gasteiger partial charge < -0.3 is 10.6 Å². The highest BCUT2D eigenvalue weighted by atomic mass is 16.2. The summed E-state index contributed by atoms with van der Waals surface area (Å²) in [6.07, 6.45) is 6.42. The Morgan fingerprint density at radius 3 is 2.55 bits per heavy atom. The third kappa shape index (κ3) is 3.90. The van der Waals surface area contributed by atoms with Gasteiger partial charge in [-0.2, -0.15) is 0 Å². The molecule has 1 atom stereocenters. The fraction of sp³-hybridized carbons (Fsp3) is 0.435. The number of nitrogens with zero attached hydrogens (tertiary/aromatic N) is 2. The van der Waals surface area contributed by atoms with Gasteiger partial charge >= 0.3 is 6.03 Å². The molecule has 0 spiro atoms. The summed E-state index contributed by atoms with van der Waals surface area (Å²) >= 11 is 0. The molecule has 4 rings (SSSR count). The van der Waals surface area contributed by atoms with Crippen LogP contribution in [0.4, 0.5) is 4.79 Å². The summed E-state index contributed by atoms with van der Waals surface area (Å²) in [5.74, 6) is 0.0532. The number of imide groups is 1. The number of benzene rings is 1. The molecule has 6 nitrogen and oxygen atoms in total. The Morgan fingerprint density at radius 1 is 1.10 bits per heavy atom. The number of hydrogen-bond donors (Lipinski definition) is 2. The summed E-state index contributed by atoms with van der Waals surface area (Å²) in [7, 11) is 0. The van der Waals surface area contributed by atoms with Crippen LogP contribution in [0.5, 0.6) is 0 Å². The van der Waals surface area contributed by atoms with Gasteiger partial charge in [0.15, 0.2) is 0 Å². The molecule has 2 aromatic rings. The lowest BCUT2D eigenvalue weighted by Crippen LogP contribution is -2.57. The molecule has 2 aliphatic heterocycles. The summed E-state index contributed by atoms with van der Waals surface area (Å²) in [4.78, 5) is 32.0. The molecule has 1 aromatic carbocycles. The van der Waals surface area contributed by atoms with Crippen molar-refractivity contribution >= 4 is 11.9 Å². The molecule has 3 heterocycles. The van der Waals surface area contributed by atoms with Crippen LogP contribution in [0.1, 0.15) is 29.5 Å². The first-order chi connectivity index (χ1) is 14.1. The number of aryl methyl sites for hydroxylation is 1. The van der Waals surface area contributed by atoms with E-state index in [1.165, 1.54) is 4.90 Å². The van der Waals surface area contributed by atoms with Crippen LogP contribution in [-0.4, -0.2) is 47.0 Å². The second kappa shape index (κ2) is 8.33. The van der Waals surface area contributed by atoms with Gasteiger partial charge in [-0.3, -0.25) is 14.7 Å². The molecule has 0 unspecified atom stereocenters. The fourth-order valence-corrected chi connectivity index (χ4v) is 4.60. The monoisotopic (exact) mass is 392 g/mol. The molecular formula is C23H28N4O2. The standard InChI is InChI=1S/C23H28N4O2/c1-17-4-2-3-5-19(17)16-23(20-8-13-25-14-9-20)21(28)27(22(29)26-23)15-10-18-6-11-24-12-7-18/h2-7,11-12,20,25H,8-10,13-16H2,1H3,(H,26,29)/t23-/m1/s1. The number of piperidine rings is 1. The van der Waals surface area contributed by atoms with Crippen molar-refractivity contribution in [1.82, 2.24) is 20.5 Å². The Balaban J connectivity index is 1.61. The Bertz CT molecular complexity index is 879. The molecule has 0 aliphatic carbocycles. The molecule has 2 aliphatic rings. The minimum atomic E-state index is -0.858. The van der Waals surface area contributed by atoms with E-state index in [1.54, 1.807) is 12.4 Å². The number of aromatic nitrogens is 1. The highest BCUT2D eigenvalue weighted by Crippen LogP contribution is 2.35. The van der Waals surface area contributed by atoms with E-state index in [4.69, 9.17) is 0 Å². The molecule has 0 radical (unpaired) electrons. The molecule has 29 heavy (non-hydrogen) atoms. The van der Waals surface area contributed by atoms with Crippen LogP contribution >= 0.6 is 0 Å². The SMILES string of the molecule is Cc1ccccc1C[C@]1(C2CCNCC2)NC(=O)N(CCc2ccncc2)C1=O. The van der Waals surface area contributed by atoms with E-state index < -0.39 is 5.54 Å². The number of amides is 3. The van der Waals surface area contributed by atoms with Gasteiger partial charge in [0.1, 0.15) is 5.54 Å². The van der Waals surface area contributed by atoms with Crippen LogP contribution in [0.15, 0.2) is 48.8 Å². The minimum Gasteiger partial charge on any atom is -0.322 e. The van der Waals surface area contributed by atoms with Crippen molar-refractivity contribution in [3.8, 4) is 0 Å². The van der Waals surface area contributed by atoms with Crippen molar-refractivity contribution in [3.05, 3.63) is 65.5 Å². The maximum atomic E-state index is 13.7. The van der Waals surface area contributed by atoms with Crippen LogP contribution in [0.3, 0.4) is 0 Å². The summed E-state index contributed by atoms with van der Waals surface area (Å²) in [5, 5.41) is 6.52. The first-order valence-electron chi connectivity index (χ1n) is 10.4. The minimum absolute atomic E-state index is 0.0771. The Hall–Kier alpha value is -2.73. The van der Waals surface area contributed by atoms with E-state index in [0.29, 0.717) is 19.4 Å². The first-order valence-corrected chi connectivity index (χ1v) is 10.4. The zero-order valence-corrected chi connectivity index (χ0v) is 16.9. The Kier molecular flexibility index (Phi) is 5.62. The van der Waals surface area contributed by atoms with Crippen LogP contribution in [0, 0.1) is 12.8 Å². The lowest BCUT2D eigenvalue weighted by atomic mass is 9.73. The molecule has 2 saturated heterocycles. The van der Waals surface area contributed by atoms with Gasteiger partial charge in [-0.15, -0.1) is 0 Å². The largest absolute Gasteiger partial charge is 0.325 e. The van der Waals surface area contributed by atoms with Crippen LogP contribution < -0.4 is 10.6 Å². The normalized spacial score (nSPS) is 22.7. The quantitative estimate of drug-likeness (QED) is 0.741. The van der Waals surface area contributed by atoms with E-state index in [2.05, 4.69) is 34.7 Å². The predicted molar refractivity (Wildman–Crippen MR) is 111 cm³/mol. The third-order valence-corrected chi connectivity index (χ3v) is 6.34. The maximum absolute atomic E-state index is 13.7. The van der Waals surface area contributed by atoms with Gasteiger partial charge in [-0.1, -0.05) is 24.3 Å². The molecule has 3 amide bonds. The molecule has 1 aromatic heterocycles. The lowest BCUT2D eigenvalue weighted by molar-refractivity contribution is -0.133. The summed E-state index contributed by atoms with van der Waals surface area (Å²) < 4.78 is 0. The Labute approximate surface area is 171 Å². The maximum Gasteiger partial charge on any atom is 0.325 e. The highest BCUT2D eigenvalue weighted by molar-refractivity contribution is 6.07. The van der Waals surface area contributed by atoms with Crippen molar-refractivity contribution in [2.24, 2.45) is 5.92 Å². The summed E-state index contributed by atoms with van der Waals surface area (Å²) in [6.45, 7) is 4.20. The van der Waals surface area contributed by atoms with Gasteiger partial charge in [-0.25, -0.2) is 4.79 Å². The van der Waals surface area contributed by atoms with Gasteiger partial charge in [0.2, 0.25) is 0 Å². The second-order valence-electron chi connectivity index (χ2n) is 8.09. The van der Waals surface area contributed by atoms with Crippen LogP contribution in [-0.2, 0) is 17.6 Å². The van der Waals surface area contributed by atoms with Crippen molar-refractivity contribution in [2.45, 2.75) is 38.1 Å². The highest BCUT2D eigenvalue weighted by Gasteiger charge is 2.55. The number of nitrogens with one attached hydrogen (secondary N) is 2. The van der Waals surface area contributed by atoms with E-state index in [0.717, 1.165) is 42.6 Å². The molecule has 0 bridgehead atoms. The van der Waals surface area contributed by atoms with E-state index >= 15 is 0 Å². The fourth-order valence-electron chi connectivity index (χ4n) is 4.60. The molecule has 2 fully saturated rings. The van der Waals surface area contributed by atoms with Gasteiger partial charge in [0.25, 0.3) is 5.91 Å². The van der Waals surface area contributed by atoms with Crippen molar-refractivity contribution in [3.63, 3.8) is 0 Å². The number of urea groups is 1. The zero-order chi connectivity index (χ0) is 20.3. The molecule has 6 heteroatoms. The molecular weight excluding hydrogens is 364 g/mol. The number of carbonyl (C=O) groups is 2. The number of hydrogen-bond acceptors (Lipinski definition) is 4. The smallest absolute Gasteiger partial charge is 0.322 e. The van der Waals surface area contributed by atoms with Crippen molar-refractivity contribution in [1.29, 1.82) is 0 Å². The lowest BCUT2D eigenvalue weighted by Gasteiger charge is -2.38. The third-order valence-electron chi connectivity index (χ3n) is 6.34. The topological polar surface area (TPSA) is 74.3 Å². The van der Waals surface area contributed by atoms with E-state index in [-0.39, 0.29) is 17.9 Å². The molecule has 152 valence electrons. The summed E-state index contributed by atoms with van der Waals surface area (Å²) in [5.41, 5.74) is 2.48. The number of rotatable bonds is 6. The van der Waals surface area contributed by atoms with E-state index in [1.807, 2.05) is 24.3 Å². The average Bonchev–Trinajstić information content (AvgIpc) is 3.00. The average molecular weight is 393 g/mol.